The van der Waals surface area contributed by atoms with Gasteiger partial charge in [0.1, 0.15) is 0 Å². The number of hydrogen-bond acceptors (Lipinski definition) is 5. The third-order valence-electron chi connectivity index (χ3n) is 2.16. The van der Waals surface area contributed by atoms with E-state index in [9.17, 15) is 9.59 Å². The zero-order valence-electron chi connectivity index (χ0n) is 10.3. The SMILES string of the molecule is CCOC(=O)C(=O)c1cc(Cl)c(SC)c(SC)c1. The van der Waals surface area contributed by atoms with Gasteiger partial charge in [-0.2, -0.15) is 0 Å². The van der Waals surface area contributed by atoms with E-state index in [1.807, 2.05) is 12.5 Å². The molecule has 0 spiro atoms. The van der Waals surface area contributed by atoms with Gasteiger partial charge in [0.05, 0.1) is 11.6 Å². The first kappa shape index (κ1) is 15.4. The molecular formula is C12H13ClO3S2. The molecule has 0 aromatic heterocycles. The zero-order valence-corrected chi connectivity index (χ0v) is 12.7. The van der Waals surface area contributed by atoms with Crippen molar-refractivity contribution in [2.75, 3.05) is 19.1 Å². The number of carbonyl (C=O) groups is 2. The lowest BCUT2D eigenvalue weighted by Crippen LogP contribution is -2.17. The van der Waals surface area contributed by atoms with Crippen molar-refractivity contribution in [1.82, 2.24) is 0 Å². The molecule has 18 heavy (non-hydrogen) atoms. The number of esters is 1. The second kappa shape index (κ2) is 7.07. The maximum Gasteiger partial charge on any atom is 0.379 e. The highest BCUT2D eigenvalue weighted by Crippen LogP contribution is 2.35. The number of ether oxygens (including phenoxy) is 1. The Morgan fingerprint density at radius 1 is 1.28 bits per heavy atom. The van der Waals surface area contributed by atoms with Crippen LogP contribution in [0.4, 0.5) is 0 Å². The highest BCUT2D eigenvalue weighted by molar-refractivity contribution is 8.01. The molecule has 0 aliphatic rings. The van der Waals surface area contributed by atoms with Gasteiger partial charge >= 0.3 is 5.97 Å². The number of rotatable bonds is 5. The van der Waals surface area contributed by atoms with Crippen molar-refractivity contribution in [1.29, 1.82) is 0 Å². The molecule has 0 fully saturated rings. The van der Waals surface area contributed by atoms with Gasteiger partial charge in [0.2, 0.25) is 0 Å². The molecule has 0 aliphatic heterocycles. The van der Waals surface area contributed by atoms with Crippen LogP contribution in [-0.2, 0) is 9.53 Å². The molecule has 0 heterocycles. The lowest BCUT2D eigenvalue weighted by Gasteiger charge is -2.09. The summed E-state index contributed by atoms with van der Waals surface area (Å²) in [5.41, 5.74) is 0.264. The molecule has 0 aliphatic carbocycles. The van der Waals surface area contributed by atoms with Crippen molar-refractivity contribution < 1.29 is 14.3 Å². The van der Waals surface area contributed by atoms with E-state index >= 15 is 0 Å². The summed E-state index contributed by atoms with van der Waals surface area (Å²) in [6.45, 7) is 1.83. The Morgan fingerprint density at radius 3 is 2.44 bits per heavy atom. The van der Waals surface area contributed by atoms with Crippen LogP contribution in [0.15, 0.2) is 21.9 Å². The van der Waals surface area contributed by atoms with Crippen LogP contribution in [0.1, 0.15) is 17.3 Å². The van der Waals surface area contributed by atoms with Gasteiger partial charge < -0.3 is 4.74 Å². The molecule has 1 rings (SSSR count). The van der Waals surface area contributed by atoms with E-state index in [1.54, 1.807) is 13.0 Å². The van der Waals surface area contributed by atoms with Gasteiger partial charge in [-0.1, -0.05) is 11.6 Å². The summed E-state index contributed by atoms with van der Waals surface area (Å²) < 4.78 is 4.68. The third-order valence-corrected chi connectivity index (χ3v) is 4.31. The number of benzene rings is 1. The first-order valence-electron chi connectivity index (χ1n) is 5.18. The van der Waals surface area contributed by atoms with Crippen LogP contribution in [0.3, 0.4) is 0 Å². The summed E-state index contributed by atoms with van der Waals surface area (Å²) in [5.74, 6) is -1.51. The van der Waals surface area contributed by atoms with Crippen molar-refractivity contribution in [3.8, 4) is 0 Å². The minimum absolute atomic E-state index is 0.177. The first-order valence-corrected chi connectivity index (χ1v) is 8.00. The molecule has 1 aromatic carbocycles. The standard InChI is InChI=1S/C12H13ClO3S2/c1-4-16-12(15)10(14)7-5-8(13)11(18-3)9(6-7)17-2/h5-6H,4H2,1-3H3. The number of halogens is 1. The van der Waals surface area contributed by atoms with Crippen LogP contribution < -0.4 is 0 Å². The predicted molar refractivity (Wildman–Crippen MR) is 76.0 cm³/mol. The summed E-state index contributed by atoms with van der Waals surface area (Å²) in [5, 5.41) is 0.474. The molecule has 0 bridgehead atoms. The molecule has 0 amide bonds. The highest BCUT2D eigenvalue weighted by atomic mass is 35.5. The number of hydrogen-bond donors (Lipinski definition) is 0. The van der Waals surface area contributed by atoms with Crippen LogP contribution in [0, 0.1) is 0 Å². The fourth-order valence-electron chi connectivity index (χ4n) is 1.36. The average Bonchev–Trinajstić information content (AvgIpc) is 2.36. The van der Waals surface area contributed by atoms with E-state index in [-0.39, 0.29) is 12.2 Å². The van der Waals surface area contributed by atoms with Gasteiger partial charge in [0, 0.05) is 15.4 Å². The summed E-state index contributed by atoms with van der Waals surface area (Å²) in [7, 11) is 0. The Morgan fingerprint density at radius 2 is 1.94 bits per heavy atom. The number of ketones is 1. The molecule has 98 valence electrons. The predicted octanol–water partition coefficient (Wildman–Crippen LogP) is 3.53. The van der Waals surface area contributed by atoms with Gasteiger partial charge in [-0.15, -0.1) is 23.5 Å². The van der Waals surface area contributed by atoms with Gasteiger partial charge in [-0.3, -0.25) is 4.79 Å². The summed E-state index contributed by atoms with van der Waals surface area (Å²) in [4.78, 5) is 25.0. The zero-order chi connectivity index (χ0) is 13.7. The minimum Gasteiger partial charge on any atom is -0.460 e. The summed E-state index contributed by atoms with van der Waals surface area (Å²) in [6.07, 6.45) is 3.80. The van der Waals surface area contributed by atoms with Crippen LogP contribution in [0.25, 0.3) is 0 Å². The first-order chi connectivity index (χ1) is 8.54. The third kappa shape index (κ3) is 3.43. The second-order valence-corrected chi connectivity index (χ2v) is 5.31. The molecule has 3 nitrogen and oxygen atoms in total. The molecule has 0 saturated heterocycles. The topological polar surface area (TPSA) is 43.4 Å². The number of thioether (sulfide) groups is 2. The van der Waals surface area contributed by atoms with Gasteiger partial charge in [0.15, 0.2) is 0 Å². The molecular weight excluding hydrogens is 292 g/mol. The Hall–Kier alpha value is -0.650. The molecule has 0 saturated carbocycles. The second-order valence-electron chi connectivity index (χ2n) is 3.24. The molecule has 1 aromatic rings. The maximum atomic E-state index is 11.8. The smallest absolute Gasteiger partial charge is 0.379 e. The molecule has 0 N–H and O–H groups in total. The number of Topliss-reactive ketones (excluding diaryl/α,β-unsaturated/α-hetero) is 1. The van der Waals surface area contributed by atoms with E-state index in [0.717, 1.165) is 9.79 Å². The normalized spacial score (nSPS) is 10.2. The average molecular weight is 305 g/mol. The van der Waals surface area contributed by atoms with Crippen LogP contribution >= 0.6 is 35.1 Å². The Kier molecular flexibility index (Phi) is 6.05. The Balaban J connectivity index is 3.15. The fraction of sp³-hybridized carbons (Fsp3) is 0.333. The van der Waals surface area contributed by atoms with Crippen molar-refractivity contribution in [3.63, 3.8) is 0 Å². The van der Waals surface area contributed by atoms with Crippen molar-refractivity contribution in [3.05, 3.63) is 22.7 Å². The van der Waals surface area contributed by atoms with Gasteiger partial charge in [-0.25, -0.2) is 4.79 Å². The summed E-state index contributed by atoms with van der Waals surface area (Å²) in [6, 6.07) is 3.17. The Labute approximate surface area is 120 Å². The quantitative estimate of drug-likeness (QED) is 0.360. The van der Waals surface area contributed by atoms with Gasteiger partial charge in [-0.05, 0) is 31.6 Å². The van der Waals surface area contributed by atoms with E-state index < -0.39 is 11.8 Å². The monoisotopic (exact) mass is 304 g/mol. The highest BCUT2D eigenvalue weighted by Gasteiger charge is 2.20. The fourth-order valence-corrected chi connectivity index (χ4v) is 3.42. The van der Waals surface area contributed by atoms with Crippen molar-refractivity contribution in [2.45, 2.75) is 16.7 Å². The van der Waals surface area contributed by atoms with E-state index in [0.29, 0.717) is 5.02 Å². The van der Waals surface area contributed by atoms with Crippen molar-refractivity contribution in [2.24, 2.45) is 0 Å². The van der Waals surface area contributed by atoms with Gasteiger partial charge in [0.25, 0.3) is 5.78 Å². The van der Waals surface area contributed by atoms with E-state index in [1.165, 1.54) is 29.6 Å². The molecule has 0 atom stereocenters. The minimum atomic E-state index is -0.850. The van der Waals surface area contributed by atoms with E-state index in [2.05, 4.69) is 4.74 Å². The molecule has 0 radical (unpaired) electrons. The number of carbonyl (C=O) groups excluding carboxylic acids is 2. The van der Waals surface area contributed by atoms with Crippen LogP contribution in [0.2, 0.25) is 5.02 Å². The lowest BCUT2D eigenvalue weighted by molar-refractivity contribution is -0.137. The molecule has 6 heteroatoms. The Bertz CT molecular complexity index is 475. The summed E-state index contributed by atoms with van der Waals surface area (Å²) >= 11 is 9.09. The lowest BCUT2D eigenvalue weighted by atomic mass is 10.1. The maximum absolute atomic E-state index is 11.8. The molecule has 0 unspecified atom stereocenters. The largest absolute Gasteiger partial charge is 0.460 e. The van der Waals surface area contributed by atoms with Crippen LogP contribution in [-0.4, -0.2) is 30.9 Å². The van der Waals surface area contributed by atoms with Crippen LogP contribution in [0.5, 0.6) is 0 Å². The van der Waals surface area contributed by atoms with Crippen molar-refractivity contribution >= 4 is 46.9 Å². The van der Waals surface area contributed by atoms with E-state index in [4.69, 9.17) is 11.6 Å².